The standard InChI is InChI=1S/C30H36FN3O3/c1-19-23(22-16-27(31)26(18-33-14-15-35)29(17-22)37-3)6-4-7-24(19)25-8-5-9-28(20(25)2)34-30(36)21-10-12-32-13-11-21/h4-9,16-17,21,32-33,35H,10-15,18H2,1-3H3,(H,34,36). The summed E-state index contributed by atoms with van der Waals surface area (Å²) in [7, 11) is 1.53. The Labute approximate surface area is 218 Å². The summed E-state index contributed by atoms with van der Waals surface area (Å²) >= 11 is 0. The Morgan fingerprint density at radius 2 is 1.73 bits per heavy atom. The second-order valence-corrected chi connectivity index (χ2v) is 9.51. The highest BCUT2D eigenvalue weighted by atomic mass is 19.1. The Kier molecular flexibility index (Phi) is 8.92. The third-order valence-corrected chi connectivity index (χ3v) is 7.20. The average molecular weight is 506 g/mol. The number of halogens is 1. The molecule has 0 radical (unpaired) electrons. The fraction of sp³-hybridized carbons (Fsp3) is 0.367. The maximum Gasteiger partial charge on any atom is 0.227 e. The van der Waals surface area contributed by atoms with Gasteiger partial charge in [0, 0.05) is 30.3 Å². The lowest BCUT2D eigenvalue weighted by Gasteiger charge is -2.23. The molecule has 0 bridgehead atoms. The zero-order valence-corrected chi connectivity index (χ0v) is 21.8. The maximum atomic E-state index is 15.1. The molecule has 0 saturated carbocycles. The van der Waals surface area contributed by atoms with Crippen LogP contribution in [0.15, 0.2) is 48.5 Å². The highest BCUT2D eigenvalue weighted by molar-refractivity contribution is 5.95. The van der Waals surface area contributed by atoms with Crippen molar-refractivity contribution in [2.24, 2.45) is 5.92 Å². The SMILES string of the molecule is COc1cc(-c2cccc(-c3cccc(NC(=O)C4CCNCC4)c3C)c2C)cc(F)c1CNCCO. The van der Waals surface area contributed by atoms with Crippen molar-refractivity contribution in [3.63, 3.8) is 0 Å². The minimum absolute atomic E-state index is 0.0175. The molecule has 1 aliphatic heterocycles. The molecule has 0 aromatic heterocycles. The molecule has 0 spiro atoms. The van der Waals surface area contributed by atoms with Crippen molar-refractivity contribution in [3.05, 3.63) is 71.0 Å². The molecule has 4 N–H and O–H groups in total. The Morgan fingerprint density at radius 3 is 2.43 bits per heavy atom. The summed E-state index contributed by atoms with van der Waals surface area (Å²) < 4.78 is 20.6. The number of hydrogen-bond acceptors (Lipinski definition) is 5. The molecule has 1 saturated heterocycles. The number of carbonyl (C=O) groups excluding carboxylic acids is 1. The van der Waals surface area contributed by atoms with E-state index in [0.29, 0.717) is 17.9 Å². The predicted molar refractivity (Wildman–Crippen MR) is 146 cm³/mol. The van der Waals surface area contributed by atoms with Crippen molar-refractivity contribution in [1.82, 2.24) is 10.6 Å². The lowest BCUT2D eigenvalue weighted by atomic mass is 9.90. The molecule has 1 aliphatic rings. The average Bonchev–Trinajstić information content (AvgIpc) is 2.91. The number of anilines is 1. The highest BCUT2D eigenvalue weighted by Gasteiger charge is 2.22. The number of aliphatic hydroxyl groups excluding tert-OH is 1. The van der Waals surface area contributed by atoms with Crippen LogP contribution in [0.3, 0.4) is 0 Å². The highest BCUT2D eigenvalue weighted by Crippen LogP contribution is 2.37. The van der Waals surface area contributed by atoms with Crippen molar-refractivity contribution < 1.29 is 19.0 Å². The molecule has 0 unspecified atom stereocenters. The van der Waals surface area contributed by atoms with Gasteiger partial charge in [-0.1, -0.05) is 30.3 Å². The fourth-order valence-corrected chi connectivity index (χ4v) is 5.03. The van der Waals surface area contributed by atoms with Gasteiger partial charge in [-0.25, -0.2) is 4.39 Å². The third kappa shape index (κ3) is 6.01. The first-order valence-corrected chi connectivity index (χ1v) is 12.8. The topological polar surface area (TPSA) is 82.6 Å². The fourth-order valence-electron chi connectivity index (χ4n) is 5.03. The zero-order chi connectivity index (χ0) is 26.4. The van der Waals surface area contributed by atoms with Gasteiger partial charge in [0.2, 0.25) is 5.91 Å². The van der Waals surface area contributed by atoms with Gasteiger partial charge in [0.15, 0.2) is 0 Å². The van der Waals surface area contributed by atoms with E-state index in [4.69, 9.17) is 9.84 Å². The maximum absolute atomic E-state index is 15.1. The van der Waals surface area contributed by atoms with Gasteiger partial charge in [0.1, 0.15) is 11.6 Å². The van der Waals surface area contributed by atoms with Crippen LogP contribution in [0, 0.1) is 25.6 Å². The minimum Gasteiger partial charge on any atom is -0.496 e. The molecular weight excluding hydrogens is 469 g/mol. The lowest BCUT2D eigenvalue weighted by molar-refractivity contribution is -0.120. The molecule has 0 atom stereocenters. The van der Waals surface area contributed by atoms with Crippen LogP contribution in [0.25, 0.3) is 22.3 Å². The van der Waals surface area contributed by atoms with Gasteiger partial charge >= 0.3 is 0 Å². The molecule has 1 fully saturated rings. The molecule has 0 aliphatic carbocycles. The number of aliphatic hydroxyl groups is 1. The molecule has 4 rings (SSSR count). The Morgan fingerprint density at radius 1 is 1.05 bits per heavy atom. The molecule has 3 aromatic rings. The first kappa shape index (κ1) is 26.8. The van der Waals surface area contributed by atoms with Gasteiger partial charge in [-0.05, 0) is 91.4 Å². The number of piperidine rings is 1. The van der Waals surface area contributed by atoms with E-state index in [2.05, 4.69) is 28.1 Å². The van der Waals surface area contributed by atoms with Crippen LogP contribution in [0.1, 0.15) is 29.5 Å². The minimum atomic E-state index is -0.358. The van der Waals surface area contributed by atoms with Crippen LogP contribution in [0.4, 0.5) is 10.1 Å². The number of rotatable bonds is 9. The number of methoxy groups -OCH3 is 1. The number of ether oxygens (including phenoxy) is 1. The monoisotopic (exact) mass is 505 g/mol. The summed E-state index contributed by atoms with van der Waals surface area (Å²) in [5.41, 5.74) is 6.96. The summed E-state index contributed by atoms with van der Waals surface area (Å²) in [5.74, 6) is 0.205. The van der Waals surface area contributed by atoms with Crippen molar-refractivity contribution in [3.8, 4) is 28.0 Å². The van der Waals surface area contributed by atoms with Crippen LogP contribution >= 0.6 is 0 Å². The van der Waals surface area contributed by atoms with Gasteiger partial charge in [-0.3, -0.25) is 4.79 Å². The summed E-state index contributed by atoms with van der Waals surface area (Å²) in [6.07, 6.45) is 1.70. The molecule has 7 heteroatoms. The second-order valence-electron chi connectivity index (χ2n) is 9.51. The van der Waals surface area contributed by atoms with Crippen LogP contribution < -0.4 is 20.7 Å². The lowest BCUT2D eigenvalue weighted by Crippen LogP contribution is -2.34. The Hall–Kier alpha value is -3.26. The molecule has 1 heterocycles. The Bertz CT molecular complexity index is 1260. The van der Waals surface area contributed by atoms with E-state index in [-0.39, 0.29) is 30.8 Å². The number of nitrogens with one attached hydrogen (secondary N) is 3. The summed E-state index contributed by atoms with van der Waals surface area (Å²) in [5, 5.41) is 18.5. The van der Waals surface area contributed by atoms with E-state index in [1.807, 2.05) is 44.2 Å². The predicted octanol–water partition coefficient (Wildman–Crippen LogP) is 4.81. The van der Waals surface area contributed by atoms with Crippen LogP contribution in [0.2, 0.25) is 0 Å². The summed E-state index contributed by atoms with van der Waals surface area (Å²) in [6.45, 7) is 6.42. The van der Waals surface area contributed by atoms with Crippen molar-refractivity contribution in [1.29, 1.82) is 0 Å². The third-order valence-electron chi connectivity index (χ3n) is 7.20. The van der Waals surface area contributed by atoms with Crippen molar-refractivity contribution in [2.45, 2.75) is 33.2 Å². The van der Waals surface area contributed by atoms with Gasteiger partial charge in [-0.2, -0.15) is 0 Å². The van der Waals surface area contributed by atoms with Crippen molar-refractivity contribution >= 4 is 11.6 Å². The number of hydrogen-bond donors (Lipinski definition) is 4. The molecule has 3 aromatic carbocycles. The molecular formula is C30H36FN3O3. The van der Waals surface area contributed by atoms with Gasteiger partial charge in [0.05, 0.1) is 13.7 Å². The first-order valence-electron chi connectivity index (χ1n) is 12.8. The van der Waals surface area contributed by atoms with E-state index in [1.165, 1.54) is 13.2 Å². The number of amides is 1. The van der Waals surface area contributed by atoms with E-state index in [9.17, 15) is 4.79 Å². The summed E-state index contributed by atoms with van der Waals surface area (Å²) in [6, 6.07) is 15.4. The van der Waals surface area contributed by atoms with Gasteiger partial charge < -0.3 is 25.8 Å². The molecule has 37 heavy (non-hydrogen) atoms. The van der Waals surface area contributed by atoms with Crippen LogP contribution in [-0.2, 0) is 11.3 Å². The quantitative estimate of drug-likeness (QED) is 0.314. The second kappa shape index (κ2) is 12.3. The molecule has 6 nitrogen and oxygen atoms in total. The van der Waals surface area contributed by atoms with Gasteiger partial charge in [0.25, 0.3) is 0 Å². The normalized spacial score (nSPS) is 14.0. The summed E-state index contributed by atoms with van der Waals surface area (Å²) in [4.78, 5) is 12.9. The van der Waals surface area contributed by atoms with E-state index < -0.39 is 0 Å². The zero-order valence-electron chi connectivity index (χ0n) is 21.8. The van der Waals surface area contributed by atoms with E-state index >= 15 is 4.39 Å². The van der Waals surface area contributed by atoms with Gasteiger partial charge in [-0.15, -0.1) is 0 Å². The first-order chi connectivity index (χ1) is 17.9. The van der Waals surface area contributed by atoms with Crippen molar-refractivity contribution in [2.75, 3.05) is 38.7 Å². The van der Waals surface area contributed by atoms with E-state index in [0.717, 1.165) is 65.0 Å². The van der Waals surface area contributed by atoms with Crippen LogP contribution in [-0.4, -0.2) is 44.4 Å². The molecule has 196 valence electrons. The Balaban J connectivity index is 1.66. The number of carbonyl (C=O) groups is 1. The number of benzene rings is 3. The largest absolute Gasteiger partial charge is 0.496 e. The van der Waals surface area contributed by atoms with Crippen LogP contribution in [0.5, 0.6) is 5.75 Å². The molecule has 1 amide bonds. The van der Waals surface area contributed by atoms with E-state index in [1.54, 1.807) is 0 Å². The smallest absolute Gasteiger partial charge is 0.227 e.